The molecule has 26 heavy (non-hydrogen) atoms. The zero-order valence-electron chi connectivity index (χ0n) is 14.9. The molecule has 0 spiro atoms. The van der Waals surface area contributed by atoms with Crippen molar-refractivity contribution in [2.45, 2.75) is 38.8 Å². The SMILES string of the molecule is COC(=O)CC(NC(=O)OC(C)(C)C)c1nc(-c2cccc(F)c2)no1. The smallest absolute Gasteiger partial charge is 0.408 e. The lowest BCUT2D eigenvalue weighted by atomic mass is 10.2. The Morgan fingerprint density at radius 3 is 2.69 bits per heavy atom. The number of rotatable bonds is 5. The second kappa shape index (κ2) is 7.94. The van der Waals surface area contributed by atoms with E-state index in [-0.39, 0.29) is 18.1 Å². The van der Waals surface area contributed by atoms with Gasteiger partial charge in [0.15, 0.2) is 0 Å². The lowest BCUT2D eigenvalue weighted by Gasteiger charge is -2.21. The molecule has 8 nitrogen and oxygen atoms in total. The van der Waals surface area contributed by atoms with Crippen molar-refractivity contribution in [1.29, 1.82) is 0 Å². The molecule has 0 aliphatic carbocycles. The number of esters is 1. The molecule has 1 amide bonds. The van der Waals surface area contributed by atoms with Crippen molar-refractivity contribution in [2.24, 2.45) is 0 Å². The summed E-state index contributed by atoms with van der Waals surface area (Å²) < 4.78 is 28.3. The molecule has 9 heteroatoms. The van der Waals surface area contributed by atoms with Gasteiger partial charge >= 0.3 is 12.1 Å². The normalized spacial score (nSPS) is 12.3. The zero-order chi connectivity index (χ0) is 19.3. The number of nitrogens with zero attached hydrogens (tertiary/aromatic N) is 2. The molecule has 1 aromatic heterocycles. The highest BCUT2D eigenvalue weighted by Gasteiger charge is 2.27. The highest BCUT2D eigenvalue weighted by Crippen LogP contribution is 2.22. The second-order valence-corrected chi connectivity index (χ2v) is 6.45. The summed E-state index contributed by atoms with van der Waals surface area (Å²) in [5.74, 6) is -0.940. The van der Waals surface area contributed by atoms with Crippen molar-refractivity contribution in [3.63, 3.8) is 0 Å². The summed E-state index contributed by atoms with van der Waals surface area (Å²) in [5, 5.41) is 6.27. The van der Waals surface area contributed by atoms with Crippen LogP contribution >= 0.6 is 0 Å². The van der Waals surface area contributed by atoms with Crippen molar-refractivity contribution in [2.75, 3.05) is 7.11 Å². The minimum absolute atomic E-state index is 0.0273. The van der Waals surface area contributed by atoms with Gasteiger partial charge in [-0.2, -0.15) is 4.98 Å². The van der Waals surface area contributed by atoms with Gasteiger partial charge in [0.1, 0.15) is 17.5 Å². The number of halogens is 1. The minimum Gasteiger partial charge on any atom is -0.469 e. The van der Waals surface area contributed by atoms with E-state index in [9.17, 15) is 14.0 Å². The van der Waals surface area contributed by atoms with E-state index in [2.05, 4.69) is 20.2 Å². The number of ether oxygens (including phenoxy) is 2. The Balaban J connectivity index is 2.22. The van der Waals surface area contributed by atoms with Gasteiger partial charge in [-0.15, -0.1) is 0 Å². The standard InChI is InChI=1S/C17H20FN3O5/c1-17(2,3)25-16(23)19-12(9-13(22)24-4)15-20-14(21-26-15)10-6-5-7-11(18)8-10/h5-8,12H,9H2,1-4H3,(H,19,23). The summed E-state index contributed by atoms with van der Waals surface area (Å²) >= 11 is 0. The van der Waals surface area contributed by atoms with Crippen LogP contribution in [0.5, 0.6) is 0 Å². The molecule has 140 valence electrons. The van der Waals surface area contributed by atoms with Crippen LogP contribution in [-0.4, -0.2) is 34.9 Å². The third-order valence-electron chi connectivity index (χ3n) is 3.11. The van der Waals surface area contributed by atoms with E-state index in [0.717, 1.165) is 0 Å². The number of methoxy groups -OCH3 is 1. The van der Waals surface area contributed by atoms with Crippen LogP contribution < -0.4 is 5.32 Å². The quantitative estimate of drug-likeness (QED) is 0.812. The average molecular weight is 365 g/mol. The fraction of sp³-hybridized carbons (Fsp3) is 0.412. The highest BCUT2D eigenvalue weighted by atomic mass is 19.1. The van der Waals surface area contributed by atoms with Gasteiger partial charge < -0.3 is 19.3 Å². The van der Waals surface area contributed by atoms with Crippen LogP contribution in [0.4, 0.5) is 9.18 Å². The largest absolute Gasteiger partial charge is 0.469 e. The summed E-state index contributed by atoms with van der Waals surface area (Å²) in [6.45, 7) is 5.12. The van der Waals surface area contributed by atoms with Gasteiger partial charge in [-0.05, 0) is 32.9 Å². The molecule has 1 aromatic carbocycles. The highest BCUT2D eigenvalue weighted by molar-refractivity contribution is 5.73. The van der Waals surface area contributed by atoms with Gasteiger partial charge in [0.05, 0.1) is 13.5 Å². The van der Waals surface area contributed by atoms with Crippen molar-refractivity contribution < 1.29 is 28.0 Å². The van der Waals surface area contributed by atoms with Gasteiger partial charge in [-0.25, -0.2) is 9.18 Å². The van der Waals surface area contributed by atoms with Gasteiger partial charge in [0, 0.05) is 5.56 Å². The van der Waals surface area contributed by atoms with E-state index in [1.165, 1.54) is 25.3 Å². The van der Waals surface area contributed by atoms with E-state index >= 15 is 0 Å². The Labute approximate surface area is 149 Å². The number of amides is 1. The number of nitrogens with one attached hydrogen (secondary N) is 1. The van der Waals surface area contributed by atoms with Gasteiger partial charge in [-0.3, -0.25) is 4.79 Å². The molecule has 0 aliphatic heterocycles. The van der Waals surface area contributed by atoms with Crippen LogP contribution in [-0.2, 0) is 14.3 Å². The van der Waals surface area contributed by atoms with E-state index < -0.39 is 29.5 Å². The first-order valence-corrected chi connectivity index (χ1v) is 7.84. The van der Waals surface area contributed by atoms with Gasteiger partial charge in [0.25, 0.3) is 0 Å². The molecule has 1 heterocycles. The summed E-state index contributed by atoms with van der Waals surface area (Å²) in [4.78, 5) is 27.8. The molecule has 1 atom stereocenters. The van der Waals surface area contributed by atoms with E-state index in [0.29, 0.717) is 5.56 Å². The number of hydrogen-bond acceptors (Lipinski definition) is 7. The molecule has 0 saturated carbocycles. The van der Waals surface area contributed by atoms with Crippen molar-refractivity contribution in [3.8, 4) is 11.4 Å². The molecule has 2 rings (SSSR count). The molecular formula is C17H20FN3O5. The zero-order valence-corrected chi connectivity index (χ0v) is 14.9. The van der Waals surface area contributed by atoms with Crippen LogP contribution in [0.1, 0.15) is 39.1 Å². The van der Waals surface area contributed by atoms with Gasteiger partial charge in [-0.1, -0.05) is 17.3 Å². The Hall–Kier alpha value is -2.97. The number of benzene rings is 1. The Kier molecular flexibility index (Phi) is 5.91. The number of aromatic nitrogens is 2. The monoisotopic (exact) mass is 365 g/mol. The molecule has 0 bridgehead atoms. The fourth-order valence-corrected chi connectivity index (χ4v) is 2.02. The Morgan fingerprint density at radius 1 is 1.35 bits per heavy atom. The molecule has 1 unspecified atom stereocenters. The maximum absolute atomic E-state index is 13.3. The number of hydrogen-bond donors (Lipinski definition) is 1. The molecule has 0 aliphatic rings. The van der Waals surface area contributed by atoms with E-state index in [1.807, 2.05) is 0 Å². The van der Waals surface area contributed by atoms with E-state index in [1.54, 1.807) is 26.8 Å². The number of carbonyl (C=O) groups is 2. The molecule has 0 saturated heterocycles. The van der Waals surface area contributed by atoms with Gasteiger partial charge in [0.2, 0.25) is 11.7 Å². The van der Waals surface area contributed by atoms with Crippen LogP contribution in [0, 0.1) is 5.82 Å². The predicted molar refractivity (Wildman–Crippen MR) is 88.4 cm³/mol. The topological polar surface area (TPSA) is 104 Å². The summed E-state index contributed by atoms with van der Waals surface area (Å²) in [7, 11) is 1.22. The van der Waals surface area contributed by atoms with Crippen LogP contribution in [0.3, 0.4) is 0 Å². The van der Waals surface area contributed by atoms with E-state index in [4.69, 9.17) is 9.26 Å². The Bertz CT molecular complexity index is 785. The maximum Gasteiger partial charge on any atom is 0.408 e. The molecular weight excluding hydrogens is 345 g/mol. The summed E-state index contributed by atoms with van der Waals surface area (Å²) in [6, 6.07) is 4.69. The first kappa shape index (κ1) is 19.4. The average Bonchev–Trinajstić information content (AvgIpc) is 3.02. The lowest BCUT2D eigenvalue weighted by molar-refractivity contribution is -0.141. The molecule has 1 N–H and O–H groups in total. The minimum atomic E-state index is -0.952. The first-order chi connectivity index (χ1) is 12.2. The van der Waals surface area contributed by atoms with Crippen molar-refractivity contribution in [1.82, 2.24) is 15.5 Å². The van der Waals surface area contributed by atoms with Crippen molar-refractivity contribution in [3.05, 3.63) is 36.0 Å². The second-order valence-electron chi connectivity index (χ2n) is 6.45. The molecule has 0 radical (unpaired) electrons. The van der Waals surface area contributed by atoms with Crippen LogP contribution in [0.15, 0.2) is 28.8 Å². The fourth-order valence-electron chi connectivity index (χ4n) is 2.02. The lowest BCUT2D eigenvalue weighted by Crippen LogP contribution is -2.36. The first-order valence-electron chi connectivity index (χ1n) is 7.84. The predicted octanol–water partition coefficient (Wildman–Crippen LogP) is 3.00. The third kappa shape index (κ3) is 5.54. The molecule has 2 aromatic rings. The Morgan fingerprint density at radius 2 is 2.08 bits per heavy atom. The summed E-state index contributed by atoms with van der Waals surface area (Å²) in [6.07, 6.45) is -0.988. The third-order valence-corrected chi connectivity index (χ3v) is 3.11. The molecule has 0 fully saturated rings. The van der Waals surface area contributed by atoms with Crippen molar-refractivity contribution >= 4 is 12.1 Å². The number of alkyl carbamates (subject to hydrolysis) is 1. The maximum atomic E-state index is 13.3. The summed E-state index contributed by atoms with van der Waals surface area (Å²) in [5.41, 5.74) is -0.323. The number of carbonyl (C=O) groups excluding carboxylic acids is 2. The van der Waals surface area contributed by atoms with Crippen LogP contribution in [0.25, 0.3) is 11.4 Å². The van der Waals surface area contributed by atoms with Crippen LogP contribution in [0.2, 0.25) is 0 Å².